The van der Waals surface area contributed by atoms with Gasteiger partial charge in [-0.05, 0) is 13.3 Å². The highest BCUT2D eigenvalue weighted by Crippen LogP contribution is 2.41. The van der Waals surface area contributed by atoms with Crippen molar-refractivity contribution in [3.05, 3.63) is 0 Å². The Morgan fingerprint density at radius 1 is 1.64 bits per heavy atom. The van der Waals surface area contributed by atoms with E-state index in [1.165, 1.54) is 0 Å². The second-order valence-electron chi connectivity index (χ2n) is 4.22. The fraction of sp³-hybridized carbons (Fsp3) is 0.900. The first kappa shape index (κ1) is 11.5. The minimum Gasteiger partial charge on any atom is -0.481 e. The molecule has 0 aromatic heterocycles. The van der Waals surface area contributed by atoms with Crippen molar-refractivity contribution in [2.45, 2.75) is 38.7 Å². The van der Waals surface area contributed by atoms with Gasteiger partial charge in [-0.2, -0.15) is 0 Å². The van der Waals surface area contributed by atoms with Crippen LogP contribution in [-0.2, 0) is 9.53 Å². The van der Waals surface area contributed by atoms with Crippen molar-refractivity contribution in [3.8, 4) is 0 Å². The lowest BCUT2D eigenvalue weighted by Crippen LogP contribution is -2.52. The summed E-state index contributed by atoms with van der Waals surface area (Å²) in [7, 11) is 0. The maximum atomic E-state index is 11.2. The molecule has 2 atom stereocenters. The Labute approximate surface area is 83.9 Å². The molecule has 82 valence electrons. The van der Waals surface area contributed by atoms with E-state index in [9.17, 15) is 15.0 Å². The van der Waals surface area contributed by atoms with Crippen molar-refractivity contribution in [3.63, 3.8) is 0 Å². The van der Waals surface area contributed by atoms with Gasteiger partial charge in [0, 0.05) is 13.0 Å². The number of carboxylic acid groups (broad SMARTS) is 1. The number of ether oxygens (including phenoxy) is 1. The molecule has 0 saturated carbocycles. The van der Waals surface area contributed by atoms with Crippen molar-refractivity contribution in [2.24, 2.45) is 5.41 Å². The standard InChI is InChI=1S/C10H18O4/c1-3-4-9(2,8(11)12)10(13)5-6-14-7-10/h13H,3-7H2,1-2H3,(H,11,12). The molecule has 1 saturated heterocycles. The largest absolute Gasteiger partial charge is 0.481 e. The van der Waals surface area contributed by atoms with Gasteiger partial charge in [-0.1, -0.05) is 13.3 Å². The zero-order valence-corrected chi connectivity index (χ0v) is 8.75. The van der Waals surface area contributed by atoms with Gasteiger partial charge in [0.15, 0.2) is 0 Å². The molecule has 0 amide bonds. The zero-order chi connectivity index (χ0) is 10.8. The molecule has 4 nitrogen and oxygen atoms in total. The average molecular weight is 202 g/mol. The Hall–Kier alpha value is -0.610. The molecule has 14 heavy (non-hydrogen) atoms. The highest BCUT2D eigenvalue weighted by molar-refractivity contribution is 5.76. The summed E-state index contributed by atoms with van der Waals surface area (Å²) in [4.78, 5) is 11.2. The number of carbonyl (C=O) groups is 1. The summed E-state index contributed by atoms with van der Waals surface area (Å²) in [6.07, 6.45) is 1.63. The smallest absolute Gasteiger partial charge is 0.312 e. The molecular formula is C10H18O4. The van der Waals surface area contributed by atoms with Crippen LogP contribution in [0.3, 0.4) is 0 Å². The molecule has 0 aromatic carbocycles. The molecule has 2 N–H and O–H groups in total. The number of aliphatic carboxylic acids is 1. The van der Waals surface area contributed by atoms with E-state index in [4.69, 9.17) is 4.74 Å². The predicted octanol–water partition coefficient (Wildman–Crippen LogP) is 1.03. The van der Waals surface area contributed by atoms with E-state index < -0.39 is 17.0 Å². The molecular weight excluding hydrogens is 184 g/mol. The van der Waals surface area contributed by atoms with Gasteiger partial charge in [0.1, 0.15) is 5.60 Å². The van der Waals surface area contributed by atoms with Crippen LogP contribution in [0.15, 0.2) is 0 Å². The van der Waals surface area contributed by atoms with Crippen molar-refractivity contribution in [2.75, 3.05) is 13.2 Å². The predicted molar refractivity (Wildman–Crippen MR) is 51.0 cm³/mol. The highest BCUT2D eigenvalue weighted by Gasteiger charge is 2.53. The fourth-order valence-electron chi connectivity index (χ4n) is 2.03. The first-order valence-corrected chi connectivity index (χ1v) is 5.00. The Bertz CT molecular complexity index is 220. The molecule has 0 spiro atoms. The third kappa shape index (κ3) is 1.64. The summed E-state index contributed by atoms with van der Waals surface area (Å²) >= 11 is 0. The molecule has 1 aliphatic heterocycles. The summed E-state index contributed by atoms with van der Waals surface area (Å²) in [5.74, 6) is -0.938. The van der Waals surface area contributed by atoms with Gasteiger partial charge >= 0.3 is 5.97 Å². The van der Waals surface area contributed by atoms with Gasteiger partial charge in [0.05, 0.1) is 12.0 Å². The van der Waals surface area contributed by atoms with Gasteiger partial charge in [0.2, 0.25) is 0 Å². The highest BCUT2D eigenvalue weighted by atomic mass is 16.5. The number of rotatable bonds is 4. The minimum absolute atomic E-state index is 0.135. The van der Waals surface area contributed by atoms with Crippen molar-refractivity contribution in [1.29, 1.82) is 0 Å². The summed E-state index contributed by atoms with van der Waals surface area (Å²) in [6.45, 7) is 4.10. The van der Waals surface area contributed by atoms with E-state index in [2.05, 4.69) is 0 Å². The van der Waals surface area contributed by atoms with Gasteiger partial charge in [-0.3, -0.25) is 4.79 Å². The molecule has 1 heterocycles. The number of hydrogen-bond acceptors (Lipinski definition) is 3. The van der Waals surface area contributed by atoms with Crippen LogP contribution in [0.25, 0.3) is 0 Å². The van der Waals surface area contributed by atoms with Crippen LogP contribution in [0.4, 0.5) is 0 Å². The molecule has 1 aliphatic rings. The quantitative estimate of drug-likeness (QED) is 0.714. The van der Waals surface area contributed by atoms with Crippen molar-refractivity contribution < 1.29 is 19.7 Å². The first-order valence-electron chi connectivity index (χ1n) is 5.00. The van der Waals surface area contributed by atoms with Gasteiger partial charge in [-0.25, -0.2) is 0 Å². The van der Waals surface area contributed by atoms with Crippen molar-refractivity contribution in [1.82, 2.24) is 0 Å². The fourth-order valence-corrected chi connectivity index (χ4v) is 2.03. The first-order chi connectivity index (χ1) is 6.46. The molecule has 0 bridgehead atoms. The molecule has 4 heteroatoms. The Balaban J connectivity index is 2.91. The average Bonchev–Trinajstić information content (AvgIpc) is 2.53. The number of aliphatic hydroxyl groups is 1. The van der Waals surface area contributed by atoms with Gasteiger partial charge in [0.25, 0.3) is 0 Å². The molecule has 1 rings (SSSR count). The second kappa shape index (κ2) is 3.87. The van der Waals surface area contributed by atoms with E-state index in [0.717, 1.165) is 6.42 Å². The number of hydrogen-bond donors (Lipinski definition) is 2. The molecule has 0 aliphatic carbocycles. The lowest BCUT2D eigenvalue weighted by molar-refractivity contribution is -0.168. The minimum atomic E-state index is -1.20. The Kier molecular flexibility index (Phi) is 3.17. The summed E-state index contributed by atoms with van der Waals surface area (Å²) in [6, 6.07) is 0. The van der Waals surface area contributed by atoms with Crippen LogP contribution in [0, 0.1) is 5.41 Å². The summed E-state index contributed by atoms with van der Waals surface area (Å²) in [5, 5.41) is 19.4. The van der Waals surface area contributed by atoms with E-state index >= 15 is 0 Å². The lowest BCUT2D eigenvalue weighted by atomic mass is 9.70. The van der Waals surface area contributed by atoms with Crippen LogP contribution in [0.2, 0.25) is 0 Å². The maximum Gasteiger partial charge on any atom is 0.312 e. The van der Waals surface area contributed by atoms with Crippen LogP contribution in [-0.4, -0.2) is 35.0 Å². The monoisotopic (exact) mass is 202 g/mol. The lowest BCUT2D eigenvalue weighted by Gasteiger charge is -2.38. The summed E-state index contributed by atoms with van der Waals surface area (Å²) in [5.41, 5.74) is -2.28. The number of carboxylic acids is 1. The normalized spacial score (nSPS) is 31.4. The third-order valence-electron chi connectivity index (χ3n) is 3.25. The zero-order valence-electron chi connectivity index (χ0n) is 8.75. The van der Waals surface area contributed by atoms with Gasteiger partial charge in [-0.15, -0.1) is 0 Å². The van der Waals surface area contributed by atoms with Crippen LogP contribution in [0.5, 0.6) is 0 Å². The maximum absolute atomic E-state index is 11.2. The Morgan fingerprint density at radius 2 is 2.29 bits per heavy atom. The van der Waals surface area contributed by atoms with Gasteiger partial charge < -0.3 is 14.9 Å². The summed E-state index contributed by atoms with van der Waals surface area (Å²) < 4.78 is 5.09. The SMILES string of the molecule is CCCC(C)(C(=O)O)C1(O)CCOC1. The van der Waals surface area contributed by atoms with Crippen LogP contribution < -0.4 is 0 Å². The molecule has 1 fully saturated rings. The third-order valence-corrected chi connectivity index (χ3v) is 3.25. The molecule has 0 aromatic rings. The molecule has 2 unspecified atom stereocenters. The van der Waals surface area contributed by atoms with E-state index in [1.54, 1.807) is 6.92 Å². The van der Waals surface area contributed by atoms with E-state index in [1.807, 2.05) is 6.92 Å². The van der Waals surface area contributed by atoms with E-state index in [-0.39, 0.29) is 6.61 Å². The Morgan fingerprint density at radius 3 is 2.64 bits per heavy atom. The van der Waals surface area contributed by atoms with E-state index in [0.29, 0.717) is 19.4 Å². The topological polar surface area (TPSA) is 66.8 Å². The molecule has 0 radical (unpaired) electrons. The van der Waals surface area contributed by atoms with Crippen LogP contribution >= 0.6 is 0 Å². The second-order valence-corrected chi connectivity index (χ2v) is 4.22. The van der Waals surface area contributed by atoms with Crippen LogP contribution in [0.1, 0.15) is 33.1 Å². The van der Waals surface area contributed by atoms with Crippen molar-refractivity contribution >= 4 is 5.97 Å².